The Balaban J connectivity index is 1.30. The van der Waals surface area contributed by atoms with Gasteiger partial charge in [-0.05, 0) is 89.9 Å². The van der Waals surface area contributed by atoms with Gasteiger partial charge < -0.3 is 10.6 Å². The fraction of sp³-hybridized carbons (Fsp3) is 0.818. The molecule has 4 bridgehead atoms. The smallest absolute Gasteiger partial charge is 0.0190 e. The molecule has 0 amide bonds. The predicted molar refractivity (Wildman–Crippen MR) is 104 cm³/mol. The average molecular weight is 331 g/mol. The van der Waals surface area contributed by atoms with Crippen molar-refractivity contribution < 1.29 is 0 Å². The van der Waals surface area contributed by atoms with Gasteiger partial charge in [0, 0.05) is 25.2 Å². The first-order chi connectivity index (χ1) is 11.5. The summed E-state index contributed by atoms with van der Waals surface area (Å²) in [5.41, 5.74) is 3.46. The van der Waals surface area contributed by atoms with Gasteiger partial charge in [-0.25, -0.2) is 0 Å². The molecule has 0 radical (unpaired) electrons. The fourth-order valence-electron chi connectivity index (χ4n) is 5.78. The summed E-state index contributed by atoms with van der Waals surface area (Å²) in [6.45, 7) is 9.86. The van der Waals surface area contributed by atoms with Crippen LogP contribution in [0.25, 0.3) is 0 Å². The maximum atomic E-state index is 3.97. The van der Waals surface area contributed by atoms with Gasteiger partial charge in [-0.15, -0.1) is 0 Å². The molecule has 136 valence electrons. The second-order valence-electron chi connectivity index (χ2n) is 9.20. The van der Waals surface area contributed by atoms with Crippen LogP contribution >= 0.6 is 0 Å². The van der Waals surface area contributed by atoms with Crippen molar-refractivity contribution in [1.29, 1.82) is 0 Å². The molecule has 4 rings (SSSR count). The number of hydrogen-bond donors (Lipinski definition) is 2. The third-order valence-electron chi connectivity index (χ3n) is 6.53. The van der Waals surface area contributed by atoms with Crippen LogP contribution in [0.1, 0.15) is 72.1 Å². The van der Waals surface area contributed by atoms with Gasteiger partial charge in [-0.3, -0.25) is 0 Å². The number of nitrogens with one attached hydrogen (secondary N) is 2. The minimum atomic E-state index is 0.520. The van der Waals surface area contributed by atoms with E-state index in [1.165, 1.54) is 62.5 Å². The molecule has 4 fully saturated rings. The van der Waals surface area contributed by atoms with Gasteiger partial charge in [0.2, 0.25) is 0 Å². The summed E-state index contributed by atoms with van der Waals surface area (Å²) in [7, 11) is 0. The zero-order chi connectivity index (χ0) is 17.0. The summed E-state index contributed by atoms with van der Waals surface area (Å²) < 4.78 is 0. The Labute approximate surface area is 149 Å². The van der Waals surface area contributed by atoms with Crippen LogP contribution in [0.4, 0.5) is 0 Å². The van der Waals surface area contributed by atoms with E-state index in [1.807, 2.05) is 0 Å². The molecule has 24 heavy (non-hydrogen) atoms. The summed E-state index contributed by atoms with van der Waals surface area (Å²) in [6, 6.07) is 0. The minimum Gasteiger partial charge on any atom is -0.312 e. The van der Waals surface area contributed by atoms with Crippen LogP contribution in [0.15, 0.2) is 23.3 Å². The van der Waals surface area contributed by atoms with Gasteiger partial charge in [0.15, 0.2) is 0 Å². The van der Waals surface area contributed by atoms with Crippen molar-refractivity contribution in [3.05, 3.63) is 23.3 Å². The van der Waals surface area contributed by atoms with Crippen molar-refractivity contribution in [2.45, 2.75) is 77.7 Å². The largest absolute Gasteiger partial charge is 0.312 e. The predicted octanol–water partition coefficient (Wildman–Crippen LogP) is 4.83. The lowest BCUT2D eigenvalue weighted by Crippen LogP contribution is -2.59. The van der Waals surface area contributed by atoms with E-state index in [0.717, 1.165) is 37.4 Å². The van der Waals surface area contributed by atoms with E-state index in [2.05, 4.69) is 43.6 Å². The zero-order valence-electron chi connectivity index (χ0n) is 16.2. The summed E-state index contributed by atoms with van der Waals surface area (Å²) in [5, 5.41) is 7.56. The van der Waals surface area contributed by atoms with Crippen molar-refractivity contribution in [3.8, 4) is 0 Å². The third-order valence-corrected chi connectivity index (χ3v) is 6.53. The monoisotopic (exact) mass is 330 g/mol. The van der Waals surface area contributed by atoms with Crippen molar-refractivity contribution in [1.82, 2.24) is 10.6 Å². The summed E-state index contributed by atoms with van der Waals surface area (Å²) >= 11 is 0. The molecule has 2 N–H and O–H groups in total. The highest BCUT2D eigenvalue weighted by Gasteiger charge is 2.50. The van der Waals surface area contributed by atoms with Gasteiger partial charge in [-0.1, -0.05) is 23.3 Å². The van der Waals surface area contributed by atoms with Crippen LogP contribution in [0.3, 0.4) is 0 Å². The van der Waals surface area contributed by atoms with Crippen molar-refractivity contribution in [2.24, 2.45) is 17.8 Å². The first-order valence-corrected chi connectivity index (χ1v) is 10.3. The summed E-state index contributed by atoms with van der Waals surface area (Å²) in [5.74, 6) is 3.13. The van der Waals surface area contributed by atoms with Gasteiger partial charge in [0.1, 0.15) is 0 Å². The van der Waals surface area contributed by atoms with Crippen LogP contribution < -0.4 is 10.6 Å². The van der Waals surface area contributed by atoms with Crippen LogP contribution in [-0.4, -0.2) is 25.2 Å². The van der Waals surface area contributed by atoms with Gasteiger partial charge in [0.25, 0.3) is 0 Å². The van der Waals surface area contributed by atoms with Crippen LogP contribution in [0, 0.1) is 17.8 Å². The molecule has 0 heterocycles. The molecule has 0 aromatic heterocycles. The Kier molecular flexibility index (Phi) is 6.21. The number of hydrogen-bond acceptors (Lipinski definition) is 2. The molecule has 0 unspecified atom stereocenters. The molecule has 0 aliphatic heterocycles. The lowest BCUT2D eigenvalue weighted by Gasteiger charge is -2.57. The molecule has 0 aromatic rings. The number of allylic oxidation sites excluding steroid dienone is 3. The van der Waals surface area contributed by atoms with E-state index in [1.54, 1.807) is 0 Å². The molecule has 2 heteroatoms. The molecule has 4 saturated carbocycles. The van der Waals surface area contributed by atoms with Crippen LogP contribution in [0.5, 0.6) is 0 Å². The van der Waals surface area contributed by atoms with E-state index in [0.29, 0.717) is 5.54 Å². The second kappa shape index (κ2) is 8.19. The fourth-order valence-corrected chi connectivity index (χ4v) is 5.78. The Morgan fingerprint density at radius 2 is 1.54 bits per heavy atom. The Bertz CT molecular complexity index is 435. The normalized spacial score (nSPS) is 34.6. The van der Waals surface area contributed by atoms with Crippen LogP contribution in [-0.2, 0) is 0 Å². The highest BCUT2D eigenvalue weighted by atomic mass is 15.0. The molecular formula is C22H38N2. The third kappa shape index (κ3) is 4.95. The molecular weight excluding hydrogens is 292 g/mol. The lowest BCUT2D eigenvalue weighted by atomic mass is 9.53. The minimum absolute atomic E-state index is 0.520. The van der Waals surface area contributed by atoms with E-state index >= 15 is 0 Å². The van der Waals surface area contributed by atoms with Crippen molar-refractivity contribution in [3.63, 3.8) is 0 Å². The first-order valence-electron chi connectivity index (χ1n) is 10.3. The van der Waals surface area contributed by atoms with Crippen molar-refractivity contribution in [2.75, 3.05) is 19.6 Å². The average Bonchev–Trinajstić information content (AvgIpc) is 2.49. The molecule has 4 aliphatic rings. The summed E-state index contributed by atoms with van der Waals surface area (Å²) in [6.07, 6.45) is 16.1. The SMILES string of the molecule is CC(C)=CCC/C(C)=C\CNCCNC12CC3CC(CC(C3)C1)C2. The maximum absolute atomic E-state index is 3.97. The highest BCUT2D eigenvalue weighted by molar-refractivity contribution is 5.06. The molecule has 0 aromatic carbocycles. The van der Waals surface area contributed by atoms with E-state index in [-0.39, 0.29) is 0 Å². The second-order valence-corrected chi connectivity index (χ2v) is 9.20. The Morgan fingerprint density at radius 1 is 0.917 bits per heavy atom. The quantitative estimate of drug-likeness (QED) is 0.467. The lowest BCUT2D eigenvalue weighted by molar-refractivity contribution is -0.0192. The Hall–Kier alpha value is -0.600. The molecule has 0 saturated heterocycles. The maximum Gasteiger partial charge on any atom is 0.0190 e. The number of rotatable bonds is 9. The topological polar surface area (TPSA) is 24.1 Å². The van der Waals surface area contributed by atoms with Gasteiger partial charge >= 0.3 is 0 Å². The van der Waals surface area contributed by atoms with E-state index in [4.69, 9.17) is 0 Å². The molecule has 4 aliphatic carbocycles. The molecule has 2 nitrogen and oxygen atoms in total. The van der Waals surface area contributed by atoms with E-state index in [9.17, 15) is 0 Å². The van der Waals surface area contributed by atoms with Crippen molar-refractivity contribution >= 4 is 0 Å². The van der Waals surface area contributed by atoms with Gasteiger partial charge in [-0.2, -0.15) is 0 Å². The Morgan fingerprint density at radius 3 is 2.12 bits per heavy atom. The van der Waals surface area contributed by atoms with Crippen LogP contribution in [0.2, 0.25) is 0 Å². The molecule has 0 atom stereocenters. The zero-order valence-corrected chi connectivity index (χ0v) is 16.2. The first kappa shape index (κ1) is 18.2. The standard InChI is InChI=1S/C22H38N2/c1-17(2)5-4-6-18(3)7-8-23-9-10-24-22-14-19-11-20(15-22)13-21(12-19)16-22/h5,7,19-21,23-24H,4,6,8-16H2,1-3H3/b18-7-. The van der Waals surface area contributed by atoms with Gasteiger partial charge in [0.05, 0.1) is 0 Å². The highest BCUT2D eigenvalue weighted by Crippen LogP contribution is 2.55. The van der Waals surface area contributed by atoms with E-state index < -0.39 is 0 Å². The molecule has 0 spiro atoms. The summed E-state index contributed by atoms with van der Waals surface area (Å²) in [4.78, 5) is 0.